The van der Waals surface area contributed by atoms with Crippen molar-refractivity contribution in [3.05, 3.63) is 27.9 Å². The number of unbranched alkanes of at least 4 members (excludes halogenated alkanes) is 1. The average Bonchev–Trinajstić information content (AvgIpc) is 2.39. The number of pyridine rings is 1. The summed E-state index contributed by atoms with van der Waals surface area (Å²) in [5.41, 5.74) is -0.349. The number of aromatic carboxylic acids is 1. The van der Waals surface area contributed by atoms with Crippen LogP contribution in [0.4, 0.5) is 11.5 Å². The summed E-state index contributed by atoms with van der Waals surface area (Å²) in [6.45, 7) is 5.03. The SMILES string of the molecule is CCCCN(CC)c1nc(C(=O)O)ccc1[N+](=O)[O-]. The maximum Gasteiger partial charge on any atom is 0.354 e. The summed E-state index contributed by atoms with van der Waals surface area (Å²) in [7, 11) is 0. The topological polar surface area (TPSA) is 96.6 Å². The summed E-state index contributed by atoms with van der Waals surface area (Å²) in [6.07, 6.45) is 1.81. The molecule has 0 aromatic carbocycles. The molecule has 1 aromatic rings. The molecule has 7 nitrogen and oxygen atoms in total. The number of anilines is 1. The van der Waals surface area contributed by atoms with Gasteiger partial charge in [-0.3, -0.25) is 10.1 Å². The summed E-state index contributed by atoms with van der Waals surface area (Å²) in [5, 5.41) is 19.9. The van der Waals surface area contributed by atoms with Crippen molar-refractivity contribution in [3.8, 4) is 0 Å². The molecule has 0 unspecified atom stereocenters. The van der Waals surface area contributed by atoms with E-state index in [1.807, 2.05) is 13.8 Å². The van der Waals surface area contributed by atoms with E-state index in [1.165, 1.54) is 6.07 Å². The molecule has 19 heavy (non-hydrogen) atoms. The number of carboxylic acids is 1. The zero-order valence-electron chi connectivity index (χ0n) is 11.0. The number of carbonyl (C=O) groups is 1. The molecule has 1 aromatic heterocycles. The standard InChI is InChI=1S/C12H17N3O4/c1-3-5-8-14(4-2)11-10(15(18)19)7-6-9(13-11)12(16)17/h6-7H,3-5,8H2,1-2H3,(H,16,17). The Labute approximate surface area is 111 Å². The second-order valence-electron chi connectivity index (χ2n) is 4.03. The van der Waals surface area contributed by atoms with E-state index >= 15 is 0 Å². The molecule has 0 fully saturated rings. The number of nitro groups is 1. The largest absolute Gasteiger partial charge is 0.477 e. The van der Waals surface area contributed by atoms with E-state index in [-0.39, 0.29) is 17.2 Å². The maximum absolute atomic E-state index is 11.0. The second kappa shape index (κ2) is 6.67. The molecule has 1 rings (SSSR count). The van der Waals surface area contributed by atoms with Crippen molar-refractivity contribution in [2.45, 2.75) is 26.7 Å². The first-order valence-corrected chi connectivity index (χ1v) is 6.14. The van der Waals surface area contributed by atoms with Crippen molar-refractivity contribution in [2.24, 2.45) is 0 Å². The monoisotopic (exact) mass is 267 g/mol. The van der Waals surface area contributed by atoms with E-state index in [2.05, 4.69) is 4.98 Å². The summed E-state index contributed by atoms with van der Waals surface area (Å²) in [6, 6.07) is 2.35. The molecule has 0 aliphatic heterocycles. The van der Waals surface area contributed by atoms with Gasteiger partial charge < -0.3 is 10.0 Å². The lowest BCUT2D eigenvalue weighted by atomic mass is 10.2. The van der Waals surface area contributed by atoms with Gasteiger partial charge in [0.1, 0.15) is 0 Å². The van der Waals surface area contributed by atoms with Gasteiger partial charge in [-0.05, 0) is 19.4 Å². The Balaban J connectivity index is 3.21. The predicted molar refractivity (Wildman–Crippen MR) is 70.6 cm³/mol. The fourth-order valence-electron chi connectivity index (χ4n) is 1.70. The van der Waals surface area contributed by atoms with Gasteiger partial charge in [-0.15, -0.1) is 0 Å². The van der Waals surface area contributed by atoms with Gasteiger partial charge in [0.25, 0.3) is 0 Å². The van der Waals surface area contributed by atoms with E-state index in [4.69, 9.17) is 5.11 Å². The zero-order chi connectivity index (χ0) is 14.4. The van der Waals surface area contributed by atoms with Gasteiger partial charge in [-0.1, -0.05) is 13.3 Å². The number of hydrogen-bond donors (Lipinski definition) is 1. The Morgan fingerprint density at radius 1 is 1.47 bits per heavy atom. The smallest absolute Gasteiger partial charge is 0.354 e. The van der Waals surface area contributed by atoms with E-state index in [1.54, 1.807) is 4.90 Å². The molecule has 0 saturated carbocycles. The van der Waals surface area contributed by atoms with Gasteiger partial charge in [-0.25, -0.2) is 9.78 Å². The minimum Gasteiger partial charge on any atom is -0.477 e. The van der Waals surface area contributed by atoms with Crippen molar-refractivity contribution in [1.82, 2.24) is 4.98 Å². The first-order valence-electron chi connectivity index (χ1n) is 6.14. The third kappa shape index (κ3) is 3.64. The predicted octanol–water partition coefficient (Wildman–Crippen LogP) is 2.31. The summed E-state index contributed by atoms with van der Waals surface area (Å²) in [4.78, 5) is 27.0. The van der Waals surface area contributed by atoms with Crippen LogP contribution in [0, 0.1) is 10.1 Å². The molecule has 0 bridgehead atoms. The van der Waals surface area contributed by atoms with Gasteiger partial charge in [0.2, 0.25) is 5.82 Å². The first-order chi connectivity index (χ1) is 9.01. The lowest BCUT2D eigenvalue weighted by Gasteiger charge is -2.21. The van der Waals surface area contributed by atoms with Gasteiger partial charge >= 0.3 is 11.7 Å². The van der Waals surface area contributed by atoms with Crippen LogP contribution < -0.4 is 4.90 Å². The van der Waals surface area contributed by atoms with Gasteiger partial charge in [-0.2, -0.15) is 0 Å². The van der Waals surface area contributed by atoms with Crippen molar-refractivity contribution in [3.63, 3.8) is 0 Å². The minimum absolute atomic E-state index is 0.126. The molecule has 0 amide bonds. The van der Waals surface area contributed by atoms with Crippen molar-refractivity contribution in [1.29, 1.82) is 0 Å². The quantitative estimate of drug-likeness (QED) is 0.601. The van der Waals surface area contributed by atoms with Crippen molar-refractivity contribution >= 4 is 17.5 Å². The second-order valence-corrected chi connectivity index (χ2v) is 4.03. The molecule has 1 N–H and O–H groups in total. The molecular formula is C12H17N3O4. The Kier molecular flexibility index (Phi) is 5.23. The van der Waals surface area contributed by atoms with Crippen molar-refractivity contribution < 1.29 is 14.8 Å². The van der Waals surface area contributed by atoms with Crippen molar-refractivity contribution in [2.75, 3.05) is 18.0 Å². The zero-order valence-corrected chi connectivity index (χ0v) is 11.0. The summed E-state index contributed by atoms with van der Waals surface area (Å²) in [5.74, 6) is -1.07. The molecular weight excluding hydrogens is 250 g/mol. The molecule has 0 saturated heterocycles. The third-order valence-corrected chi connectivity index (χ3v) is 2.73. The summed E-state index contributed by atoms with van der Waals surface area (Å²) < 4.78 is 0. The fraction of sp³-hybridized carbons (Fsp3) is 0.500. The molecule has 104 valence electrons. The highest BCUT2D eigenvalue weighted by Crippen LogP contribution is 2.26. The van der Waals surface area contributed by atoms with E-state index in [9.17, 15) is 14.9 Å². The Hall–Kier alpha value is -2.18. The summed E-state index contributed by atoms with van der Waals surface area (Å²) >= 11 is 0. The number of carboxylic acid groups (broad SMARTS) is 1. The highest BCUT2D eigenvalue weighted by atomic mass is 16.6. The number of aromatic nitrogens is 1. The Morgan fingerprint density at radius 2 is 2.16 bits per heavy atom. The van der Waals surface area contributed by atoms with Crippen LogP contribution >= 0.6 is 0 Å². The van der Waals surface area contributed by atoms with Crippen LogP contribution in [0.5, 0.6) is 0 Å². The molecule has 0 aliphatic rings. The van der Waals surface area contributed by atoms with Gasteiger partial charge in [0.15, 0.2) is 5.69 Å². The molecule has 1 heterocycles. The minimum atomic E-state index is -1.19. The van der Waals surface area contributed by atoms with Gasteiger partial charge in [0, 0.05) is 19.2 Å². The van der Waals surface area contributed by atoms with Gasteiger partial charge in [0.05, 0.1) is 4.92 Å². The highest BCUT2D eigenvalue weighted by molar-refractivity contribution is 5.86. The van der Waals surface area contributed by atoms with Crippen LogP contribution in [-0.2, 0) is 0 Å². The van der Waals surface area contributed by atoms with E-state index in [0.717, 1.165) is 18.9 Å². The van der Waals surface area contributed by atoms with Crippen LogP contribution in [-0.4, -0.2) is 34.1 Å². The van der Waals surface area contributed by atoms with Crippen LogP contribution in [0.15, 0.2) is 12.1 Å². The normalized spacial score (nSPS) is 10.2. The fourth-order valence-corrected chi connectivity index (χ4v) is 1.70. The lowest BCUT2D eigenvalue weighted by molar-refractivity contribution is -0.384. The highest BCUT2D eigenvalue weighted by Gasteiger charge is 2.22. The number of rotatable bonds is 7. The van der Waals surface area contributed by atoms with Crippen LogP contribution in [0.1, 0.15) is 37.2 Å². The molecule has 0 spiro atoms. The number of nitrogens with zero attached hydrogens (tertiary/aromatic N) is 3. The van der Waals surface area contributed by atoms with E-state index < -0.39 is 10.9 Å². The Bertz CT molecular complexity index is 476. The molecule has 0 radical (unpaired) electrons. The molecule has 0 aliphatic carbocycles. The van der Waals surface area contributed by atoms with Crippen LogP contribution in [0.25, 0.3) is 0 Å². The lowest BCUT2D eigenvalue weighted by Crippen LogP contribution is -2.26. The van der Waals surface area contributed by atoms with E-state index in [0.29, 0.717) is 13.1 Å². The molecule has 7 heteroatoms. The number of hydrogen-bond acceptors (Lipinski definition) is 5. The average molecular weight is 267 g/mol. The third-order valence-electron chi connectivity index (χ3n) is 2.73. The van der Waals surface area contributed by atoms with Crippen LogP contribution in [0.3, 0.4) is 0 Å². The maximum atomic E-state index is 11.0. The molecule has 0 atom stereocenters. The Morgan fingerprint density at radius 3 is 2.63 bits per heavy atom. The first kappa shape index (κ1) is 14.9. The van der Waals surface area contributed by atoms with Crippen LogP contribution in [0.2, 0.25) is 0 Å².